The zero-order valence-electron chi connectivity index (χ0n) is 57.7. The van der Waals surface area contributed by atoms with Gasteiger partial charge < -0.3 is 72.6 Å². The number of carbonyl (C=O) groups is 4. The van der Waals surface area contributed by atoms with Crippen LogP contribution < -0.4 is 0 Å². The van der Waals surface area contributed by atoms with Crippen molar-refractivity contribution in [1.29, 1.82) is 0 Å². The largest absolute Gasteiger partial charge is 0.479 e. The molecular formula is C70H94N2O26S4. The Balaban J connectivity index is 0.000000185. The third-order valence-electron chi connectivity index (χ3n) is 18.0. The molecule has 0 bridgehead atoms. The third kappa shape index (κ3) is 24.3. The fourth-order valence-electron chi connectivity index (χ4n) is 11.9. The monoisotopic (exact) mass is 1510 g/mol. The van der Waals surface area contributed by atoms with Crippen LogP contribution in [0.4, 0.5) is 0 Å². The summed E-state index contributed by atoms with van der Waals surface area (Å²) in [4.78, 5) is 50.2. The molecule has 0 spiro atoms. The standard InChI is InChI=1S/C19H26O7S.C18H24O7S.C14H16N2O5S.C14H18O5S.C5H10O2/c1-23-19(20)18(26-15-6-10-24-11-7-15)14-2-4-16(5-3-14)27(21,22)17-8-12-25-13-9-17;19-18(20)17(25-14-5-9-23-10-6-14)13-1-3-15(4-2-13)26(21,22)16-7-11-24-12-8-16;1-20-14(17)13(16-15)10-2-4-11(5-3-10)22(18,19)12-6-8-21-9-7-12;1-18-14(15)10-11-2-4-12(5-3-11)20(16,17)13-6-8-19-9-7-13;6-5-1-3-7-4-2-5/h2-5,15,17-18H,6-13H2,1H3;1-4,14,16-17H,5-12H2,(H,19,20);2-5,12H,6-9H2,1H3;2-5,13H,6-10H2,1H3;5-6H,1-4H2. The van der Waals surface area contributed by atoms with Crippen LogP contribution >= 0.6 is 0 Å². The van der Waals surface area contributed by atoms with Gasteiger partial charge >= 0.3 is 29.6 Å². The number of esters is 3. The first-order valence-corrected chi connectivity index (χ1v) is 40.2. The van der Waals surface area contributed by atoms with Gasteiger partial charge in [0.2, 0.25) is 0 Å². The van der Waals surface area contributed by atoms with Crippen molar-refractivity contribution in [3.8, 4) is 0 Å². The number of carboxylic acid groups (broad SMARTS) is 1. The minimum Gasteiger partial charge on any atom is -0.479 e. The van der Waals surface area contributed by atoms with Crippen molar-refractivity contribution in [3.63, 3.8) is 0 Å². The summed E-state index contributed by atoms with van der Waals surface area (Å²) in [6.07, 6.45) is 6.14. The van der Waals surface area contributed by atoms with Crippen molar-refractivity contribution in [1.82, 2.24) is 0 Å². The summed E-state index contributed by atoms with van der Waals surface area (Å²) in [5.41, 5.74) is 10.6. The van der Waals surface area contributed by atoms with Gasteiger partial charge in [0, 0.05) is 92.5 Å². The summed E-state index contributed by atoms with van der Waals surface area (Å²) < 4.78 is 163. The van der Waals surface area contributed by atoms with E-state index in [-0.39, 0.29) is 61.9 Å². The quantitative estimate of drug-likeness (QED) is 0.0320. The molecule has 0 saturated carbocycles. The lowest BCUT2D eigenvalue weighted by Gasteiger charge is -2.27. The van der Waals surface area contributed by atoms with E-state index in [1.54, 1.807) is 48.5 Å². The molecule has 102 heavy (non-hydrogen) atoms. The van der Waals surface area contributed by atoms with Crippen LogP contribution in [0.3, 0.4) is 0 Å². The Morgan fingerprint density at radius 1 is 0.422 bits per heavy atom. The predicted molar refractivity (Wildman–Crippen MR) is 366 cm³/mol. The number of carbonyl (C=O) groups excluding carboxylic acids is 3. The molecular weight excluding hydrogens is 1410 g/mol. The van der Waals surface area contributed by atoms with Crippen LogP contribution in [0.15, 0.2) is 117 Å². The van der Waals surface area contributed by atoms with Crippen molar-refractivity contribution in [2.45, 2.75) is 167 Å². The Kier molecular flexibility index (Phi) is 33.5. The number of ether oxygens (including phenoxy) is 12. The van der Waals surface area contributed by atoms with Crippen LogP contribution in [0.5, 0.6) is 0 Å². The van der Waals surface area contributed by atoms with E-state index in [0.717, 1.165) is 38.7 Å². The highest BCUT2D eigenvalue weighted by Gasteiger charge is 2.36. The highest BCUT2D eigenvalue weighted by Crippen LogP contribution is 2.32. The van der Waals surface area contributed by atoms with E-state index in [9.17, 15) is 58.0 Å². The number of benzene rings is 4. The average molecular weight is 1510 g/mol. The summed E-state index contributed by atoms with van der Waals surface area (Å²) in [6.45, 7) is 7.45. The molecule has 0 aliphatic carbocycles. The van der Waals surface area contributed by atoms with Crippen molar-refractivity contribution >= 4 is 68.9 Å². The lowest BCUT2D eigenvalue weighted by molar-refractivity contribution is -0.162. The number of aliphatic hydroxyl groups excluding tert-OH is 1. The SMILES string of the molecule is COC(=O)C(=[N+]=[N-])c1ccc(S(=O)(=O)C2CCOCC2)cc1.COC(=O)C(OC1CCOCC1)c1ccc(S(=O)(=O)C2CCOCC2)cc1.COC(=O)Cc1ccc(S(=O)(=O)C2CCOCC2)cc1.O=C(O)C(OC1CCOCC1)c1ccc(S(=O)(=O)C2CCOCC2)cc1.OC1CCOCC1. The molecule has 28 nitrogen and oxygen atoms in total. The summed E-state index contributed by atoms with van der Waals surface area (Å²) in [5.74, 6) is -2.73. The second-order valence-electron chi connectivity index (χ2n) is 24.8. The Bertz CT molecular complexity index is 3790. The van der Waals surface area contributed by atoms with Crippen LogP contribution in [0, 0.1) is 0 Å². The fourth-order valence-corrected chi connectivity index (χ4v) is 18.7. The number of aliphatic hydroxyl groups is 1. The maximum Gasteiger partial charge on any atom is 0.422 e. The van der Waals surface area contributed by atoms with Crippen LogP contribution in [-0.2, 0) is 122 Å². The molecule has 4 aromatic rings. The Morgan fingerprint density at radius 2 is 0.716 bits per heavy atom. The maximum atomic E-state index is 12.8. The summed E-state index contributed by atoms with van der Waals surface area (Å²) in [7, 11) is -9.79. The van der Waals surface area contributed by atoms with Gasteiger partial charge in [-0.2, -0.15) is 4.79 Å². The van der Waals surface area contributed by atoms with Gasteiger partial charge in [0.15, 0.2) is 51.6 Å². The lowest BCUT2D eigenvalue weighted by atomic mass is 10.1. The molecule has 7 aliphatic rings. The average Bonchev–Trinajstić information content (AvgIpc) is 0.820. The molecule has 2 atom stereocenters. The van der Waals surface area contributed by atoms with Crippen molar-refractivity contribution < 1.29 is 125 Å². The van der Waals surface area contributed by atoms with Crippen molar-refractivity contribution in [2.24, 2.45) is 0 Å². The highest BCUT2D eigenvalue weighted by atomic mass is 32.2. The van der Waals surface area contributed by atoms with Gasteiger partial charge in [0.05, 0.1) is 92.2 Å². The van der Waals surface area contributed by atoms with E-state index in [0.29, 0.717) is 172 Å². The molecule has 0 aromatic heterocycles. The first kappa shape index (κ1) is 82.8. The van der Waals surface area contributed by atoms with Gasteiger partial charge in [-0.3, -0.25) is 4.79 Å². The maximum absolute atomic E-state index is 12.8. The number of aliphatic carboxylic acids is 1. The molecule has 7 heterocycles. The summed E-state index contributed by atoms with van der Waals surface area (Å²) in [6, 6.07) is 24.4. The van der Waals surface area contributed by atoms with E-state index in [1.807, 2.05) is 0 Å². The van der Waals surface area contributed by atoms with E-state index in [2.05, 4.69) is 14.3 Å². The van der Waals surface area contributed by atoms with Crippen LogP contribution in [-0.4, -0.2) is 231 Å². The molecule has 11 rings (SSSR count). The topological polar surface area (TPSA) is 392 Å². The number of nitrogens with zero attached hydrogens (tertiary/aromatic N) is 2. The van der Waals surface area contributed by atoms with Gasteiger partial charge in [-0.1, -0.05) is 36.4 Å². The lowest BCUT2D eigenvalue weighted by Crippen LogP contribution is -2.29. The number of rotatable bonds is 20. The second-order valence-corrected chi connectivity index (χ2v) is 33.7. The normalized spacial score (nSPS) is 19.5. The van der Waals surface area contributed by atoms with Crippen molar-refractivity contribution in [3.05, 3.63) is 125 Å². The molecule has 564 valence electrons. The van der Waals surface area contributed by atoms with E-state index in [1.165, 1.54) is 62.8 Å². The molecule has 32 heteroatoms. The Labute approximate surface area is 596 Å². The van der Waals surface area contributed by atoms with Crippen LogP contribution in [0.2, 0.25) is 0 Å². The number of sulfone groups is 4. The third-order valence-corrected chi connectivity index (χ3v) is 27.2. The molecule has 7 fully saturated rings. The molecule has 4 aromatic carbocycles. The Hall–Kier alpha value is -6.46. The molecule has 0 amide bonds. The fraction of sp³-hybridized carbons (Fsp3) is 0.586. The minimum atomic E-state index is -3.44. The molecule has 0 radical (unpaired) electrons. The molecule has 2 N–H and O–H groups in total. The van der Waals surface area contributed by atoms with Crippen LogP contribution in [0.1, 0.15) is 124 Å². The summed E-state index contributed by atoms with van der Waals surface area (Å²) >= 11 is 0. The van der Waals surface area contributed by atoms with Crippen molar-refractivity contribution in [2.75, 3.05) is 114 Å². The van der Waals surface area contributed by atoms with Gasteiger partial charge in [0.25, 0.3) is 0 Å². The van der Waals surface area contributed by atoms with E-state index < -0.39 is 85.2 Å². The Morgan fingerprint density at radius 3 is 1.00 bits per heavy atom. The predicted octanol–water partition coefficient (Wildman–Crippen LogP) is 6.35. The first-order valence-electron chi connectivity index (χ1n) is 34.0. The number of hydrogen-bond acceptors (Lipinski definition) is 25. The summed E-state index contributed by atoms with van der Waals surface area (Å²) in [5, 5.41) is 16.6. The van der Waals surface area contributed by atoms with E-state index in [4.69, 9.17) is 58.0 Å². The highest BCUT2D eigenvalue weighted by molar-refractivity contribution is 7.93. The molecule has 2 unspecified atom stereocenters. The minimum absolute atomic E-state index is 0.0891. The molecule has 7 aliphatic heterocycles. The number of carboxylic acids is 1. The second kappa shape index (κ2) is 41.3. The smallest absolute Gasteiger partial charge is 0.422 e. The van der Waals surface area contributed by atoms with Gasteiger partial charge in [-0.05, 0) is 167 Å². The zero-order valence-corrected chi connectivity index (χ0v) is 60.9. The van der Waals surface area contributed by atoms with Gasteiger partial charge in [-0.25, -0.2) is 48.1 Å². The molecule has 7 saturated heterocycles. The van der Waals surface area contributed by atoms with Crippen LogP contribution in [0.25, 0.3) is 5.53 Å². The van der Waals surface area contributed by atoms with Gasteiger partial charge in [-0.15, -0.1) is 0 Å². The van der Waals surface area contributed by atoms with Gasteiger partial charge in [0.1, 0.15) is 0 Å². The number of hydrogen-bond donors (Lipinski definition) is 2. The first-order chi connectivity index (χ1) is 48.9. The number of methoxy groups -OCH3 is 3. The zero-order chi connectivity index (χ0) is 73.7. The van der Waals surface area contributed by atoms with E-state index >= 15 is 0 Å².